The normalized spacial score (nSPS) is 11.5. The van der Waals surface area contributed by atoms with Gasteiger partial charge >= 0.3 is 5.97 Å². The summed E-state index contributed by atoms with van der Waals surface area (Å²) in [5.41, 5.74) is 1.13. The lowest BCUT2D eigenvalue weighted by atomic mass is 10.1. The van der Waals surface area contributed by atoms with E-state index in [4.69, 9.17) is 5.11 Å². The van der Waals surface area contributed by atoms with Crippen LogP contribution >= 0.6 is 11.8 Å². The summed E-state index contributed by atoms with van der Waals surface area (Å²) in [7, 11) is 0. The van der Waals surface area contributed by atoms with Crippen molar-refractivity contribution in [3.8, 4) is 0 Å². The molecule has 23 heavy (non-hydrogen) atoms. The standard InChI is InChI=1S/C17H15NO4S/c19-14(20)11-18-16(21)15(12-7-3-1-4-8-12)23-17(22)13-9-5-2-6-10-13/h1-10,15H,11H2,(H,18,21)(H,19,20). The number of hydrogen-bond acceptors (Lipinski definition) is 4. The van der Waals surface area contributed by atoms with Gasteiger partial charge in [-0.1, -0.05) is 72.4 Å². The zero-order valence-corrected chi connectivity index (χ0v) is 13.0. The van der Waals surface area contributed by atoms with Crippen molar-refractivity contribution in [2.24, 2.45) is 0 Å². The van der Waals surface area contributed by atoms with E-state index in [9.17, 15) is 14.4 Å². The highest BCUT2D eigenvalue weighted by molar-refractivity contribution is 8.14. The Morgan fingerprint density at radius 1 is 0.957 bits per heavy atom. The molecule has 2 aromatic rings. The Balaban J connectivity index is 2.18. The third-order valence-electron chi connectivity index (χ3n) is 2.99. The Morgan fingerprint density at radius 3 is 2.09 bits per heavy atom. The van der Waals surface area contributed by atoms with Crippen LogP contribution in [-0.2, 0) is 9.59 Å². The Morgan fingerprint density at radius 2 is 1.52 bits per heavy atom. The molecule has 5 nitrogen and oxygen atoms in total. The number of aliphatic carboxylic acids is 1. The van der Waals surface area contributed by atoms with Crippen LogP contribution in [0.25, 0.3) is 0 Å². The molecule has 0 saturated carbocycles. The van der Waals surface area contributed by atoms with Crippen LogP contribution in [0.15, 0.2) is 60.7 Å². The van der Waals surface area contributed by atoms with Crippen molar-refractivity contribution in [3.05, 3.63) is 71.8 Å². The van der Waals surface area contributed by atoms with Gasteiger partial charge in [-0.15, -0.1) is 0 Å². The maximum Gasteiger partial charge on any atom is 0.322 e. The summed E-state index contributed by atoms with van der Waals surface area (Å²) < 4.78 is 0. The first-order valence-corrected chi connectivity index (χ1v) is 7.76. The van der Waals surface area contributed by atoms with E-state index in [0.29, 0.717) is 11.1 Å². The van der Waals surface area contributed by atoms with E-state index in [1.165, 1.54) is 0 Å². The molecule has 0 aliphatic rings. The monoisotopic (exact) mass is 329 g/mol. The van der Waals surface area contributed by atoms with Crippen molar-refractivity contribution in [2.75, 3.05) is 6.54 Å². The maximum atomic E-state index is 12.3. The molecule has 0 aliphatic heterocycles. The number of thioether (sulfide) groups is 1. The number of carbonyl (C=O) groups excluding carboxylic acids is 2. The van der Waals surface area contributed by atoms with Gasteiger partial charge in [0.25, 0.3) is 0 Å². The molecule has 0 saturated heterocycles. The third-order valence-corrected chi connectivity index (χ3v) is 4.16. The molecule has 2 aromatic carbocycles. The van der Waals surface area contributed by atoms with E-state index in [0.717, 1.165) is 11.8 Å². The molecule has 1 unspecified atom stereocenters. The lowest BCUT2D eigenvalue weighted by Gasteiger charge is -2.15. The minimum Gasteiger partial charge on any atom is -0.480 e. The Hall–Kier alpha value is -2.60. The van der Waals surface area contributed by atoms with E-state index >= 15 is 0 Å². The second-order valence-corrected chi connectivity index (χ2v) is 5.75. The zero-order chi connectivity index (χ0) is 16.7. The molecule has 118 valence electrons. The molecule has 2 rings (SSSR count). The van der Waals surface area contributed by atoms with Crippen LogP contribution in [0.1, 0.15) is 21.2 Å². The molecule has 1 atom stereocenters. The summed E-state index contributed by atoms with van der Waals surface area (Å²) in [6.45, 7) is -0.484. The van der Waals surface area contributed by atoms with Gasteiger partial charge in [-0.05, 0) is 5.56 Å². The Labute approximate surface area is 137 Å². The average molecular weight is 329 g/mol. The van der Waals surface area contributed by atoms with Crippen molar-refractivity contribution in [1.29, 1.82) is 0 Å². The van der Waals surface area contributed by atoms with Crippen LogP contribution in [0.5, 0.6) is 0 Å². The summed E-state index contributed by atoms with van der Waals surface area (Å²) >= 11 is 0.867. The number of carboxylic acid groups (broad SMARTS) is 1. The molecule has 2 N–H and O–H groups in total. The number of hydrogen-bond donors (Lipinski definition) is 2. The summed E-state index contributed by atoms with van der Waals surface area (Å²) in [4.78, 5) is 35.2. The topological polar surface area (TPSA) is 83.5 Å². The van der Waals surface area contributed by atoms with Gasteiger partial charge in [0.15, 0.2) is 0 Å². The van der Waals surface area contributed by atoms with E-state index in [1.807, 2.05) is 0 Å². The van der Waals surface area contributed by atoms with Crippen molar-refractivity contribution in [3.63, 3.8) is 0 Å². The van der Waals surface area contributed by atoms with Crippen molar-refractivity contribution in [2.45, 2.75) is 5.25 Å². The smallest absolute Gasteiger partial charge is 0.322 e. The second-order valence-electron chi connectivity index (χ2n) is 4.67. The van der Waals surface area contributed by atoms with Gasteiger partial charge in [-0.3, -0.25) is 14.4 Å². The molecule has 0 aromatic heterocycles. The summed E-state index contributed by atoms with van der Waals surface area (Å²) in [6, 6.07) is 17.4. The van der Waals surface area contributed by atoms with E-state index < -0.39 is 23.7 Å². The van der Waals surface area contributed by atoms with Crippen molar-refractivity contribution >= 4 is 28.8 Å². The molecule has 0 heterocycles. The number of nitrogens with one attached hydrogen (secondary N) is 1. The summed E-state index contributed by atoms with van der Waals surface area (Å²) in [5, 5.41) is 9.96. The van der Waals surface area contributed by atoms with E-state index in [2.05, 4.69) is 5.32 Å². The van der Waals surface area contributed by atoms with Gasteiger partial charge in [0.2, 0.25) is 11.0 Å². The predicted octanol–water partition coefficient (Wildman–Crippen LogP) is 2.50. The van der Waals surface area contributed by atoms with Crippen LogP contribution in [0.4, 0.5) is 0 Å². The fourth-order valence-electron chi connectivity index (χ4n) is 1.91. The minimum absolute atomic E-state index is 0.245. The first-order chi connectivity index (χ1) is 11.1. The number of rotatable bonds is 6. The van der Waals surface area contributed by atoms with Gasteiger partial charge in [0.1, 0.15) is 11.8 Å². The molecule has 6 heteroatoms. The number of carbonyl (C=O) groups is 3. The molecule has 0 spiro atoms. The highest BCUT2D eigenvalue weighted by Gasteiger charge is 2.25. The minimum atomic E-state index is -1.13. The molecule has 0 fully saturated rings. The summed E-state index contributed by atoms with van der Waals surface area (Å²) in [6.07, 6.45) is 0. The van der Waals surface area contributed by atoms with Gasteiger partial charge in [0.05, 0.1) is 0 Å². The number of amides is 1. The van der Waals surface area contributed by atoms with E-state index in [-0.39, 0.29) is 5.12 Å². The lowest BCUT2D eigenvalue weighted by Crippen LogP contribution is -2.33. The largest absolute Gasteiger partial charge is 0.480 e. The molecular weight excluding hydrogens is 314 g/mol. The fraction of sp³-hybridized carbons (Fsp3) is 0.118. The first-order valence-electron chi connectivity index (χ1n) is 6.88. The fourth-order valence-corrected chi connectivity index (χ4v) is 2.88. The van der Waals surface area contributed by atoms with Crippen LogP contribution in [-0.4, -0.2) is 28.6 Å². The second kappa shape index (κ2) is 8.14. The average Bonchev–Trinajstić information content (AvgIpc) is 2.59. The number of carboxylic acids is 1. The van der Waals surface area contributed by atoms with Gasteiger partial charge in [-0.2, -0.15) is 0 Å². The Kier molecular flexibility index (Phi) is 5.94. The lowest BCUT2D eigenvalue weighted by molar-refractivity contribution is -0.137. The molecule has 0 bridgehead atoms. The van der Waals surface area contributed by atoms with Crippen LogP contribution in [0.2, 0.25) is 0 Å². The highest BCUT2D eigenvalue weighted by Crippen LogP contribution is 2.31. The van der Waals surface area contributed by atoms with Crippen LogP contribution in [0, 0.1) is 0 Å². The molecule has 1 amide bonds. The molecule has 0 aliphatic carbocycles. The first kappa shape index (κ1) is 16.8. The zero-order valence-electron chi connectivity index (χ0n) is 12.1. The van der Waals surface area contributed by atoms with Crippen molar-refractivity contribution in [1.82, 2.24) is 5.32 Å². The highest BCUT2D eigenvalue weighted by atomic mass is 32.2. The van der Waals surface area contributed by atoms with Gasteiger partial charge < -0.3 is 10.4 Å². The van der Waals surface area contributed by atoms with Gasteiger partial charge in [0, 0.05) is 5.56 Å². The molecular formula is C17H15NO4S. The van der Waals surface area contributed by atoms with Crippen LogP contribution in [0.3, 0.4) is 0 Å². The third kappa shape index (κ3) is 4.96. The SMILES string of the molecule is O=C(O)CNC(=O)C(SC(=O)c1ccccc1)c1ccccc1. The predicted molar refractivity (Wildman–Crippen MR) is 88.2 cm³/mol. The molecule has 0 radical (unpaired) electrons. The van der Waals surface area contributed by atoms with Crippen molar-refractivity contribution < 1.29 is 19.5 Å². The van der Waals surface area contributed by atoms with E-state index in [1.54, 1.807) is 60.7 Å². The number of benzene rings is 2. The quantitative estimate of drug-likeness (QED) is 0.851. The maximum absolute atomic E-state index is 12.3. The van der Waals surface area contributed by atoms with Gasteiger partial charge in [-0.25, -0.2) is 0 Å². The summed E-state index contributed by atoms with van der Waals surface area (Å²) in [5.74, 6) is -1.64. The Bertz CT molecular complexity index is 688. The van der Waals surface area contributed by atoms with Crippen LogP contribution < -0.4 is 5.32 Å².